The maximum atomic E-state index is 12.8. The summed E-state index contributed by atoms with van der Waals surface area (Å²) in [4.78, 5) is -0.0434. The number of sulfonamides is 2. The van der Waals surface area contributed by atoms with Crippen molar-refractivity contribution in [1.82, 2.24) is 0 Å². The lowest BCUT2D eigenvalue weighted by Gasteiger charge is -2.13. The molecule has 11 heteroatoms. The molecule has 0 fully saturated rings. The van der Waals surface area contributed by atoms with E-state index in [1.165, 1.54) is 31.4 Å². The second-order valence-electron chi connectivity index (χ2n) is 6.89. The predicted octanol–water partition coefficient (Wildman–Crippen LogP) is 5.05. The molecule has 0 unspecified atom stereocenters. The van der Waals surface area contributed by atoms with E-state index < -0.39 is 25.8 Å². The first kappa shape index (κ1) is 24.2. The summed E-state index contributed by atoms with van der Waals surface area (Å²) < 4.78 is 60.7. The van der Waals surface area contributed by atoms with Gasteiger partial charge in [-0.15, -0.1) is 0 Å². The minimum absolute atomic E-state index is 0.0434. The van der Waals surface area contributed by atoms with E-state index in [1.807, 2.05) is 6.92 Å². The number of ether oxygens (including phenoxy) is 1. The lowest BCUT2D eigenvalue weighted by molar-refractivity contribution is 0.417. The fourth-order valence-corrected chi connectivity index (χ4v) is 5.89. The molecule has 32 heavy (non-hydrogen) atoms. The first-order valence-electron chi connectivity index (χ1n) is 9.22. The van der Waals surface area contributed by atoms with Crippen molar-refractivity contribution >= 4 is 54.6 Å². The lowest BCUT2D eigenvalue weighted by atomic mass is 10.2. The molecule has 0 aromatic heterocycles. The summed E-state index contributed by atoms with van der Waals surface area (Å²) in [6.45, 7) is 1.83. The van der Waals surface area contributed by atoms with E-state index in [0.717, 1.165) is 5.56 Å². The summed E-state index contributed by atoms with van der Waals surface area (Å²) in [5.74, 6) is -0.0536. The van der Waals surface area contributed by atoms with Gasteiger partial charge in [0, 0.05) is 21.3 Å². The molecule has 0 saturated carbocycles. The van der Waals surface area contributed by atoms with Crippen LogP contribution in [0.5, 0.6) is 5.75 Å². The van der Waals surface area contributed by atoms with Crippen LogP contribution in [0.15, 0.2) is 65.6 Å². The van der Waals surface area contributed by atoms with Gasteiger partial charge >= 0.3 is 0 Å². The second-order valence-corrected chi connectivity index (χ2v) is 11.1. The van der Waals surface area contributed by atoms with Crippen LogP contribution in [0.1, 0.15) is 11.1 Å². The normalized spacial score (nSPS) is 11.8. The van der Waals surface area contributed by atoms with Crippen LogP contribution in [-0.2, 0) is 25.8 Å². The van der Waals surface area contributed by atoms with E-state index in [0.29, 0.717) is 11.4 Å². The van der Waals surface area contributed by atoms with Crippen molar-refractivity contribution in [1.29, 1.82) is 0 Å². The third kappa shape index (κ3) is 5.86. The van der Waals surface area contributed by atoms with Crippen LogP contribution in [0.3, 0.4) is 0 Å². The van der Waals surface area contributed by atoms with Crippen molar-refractivity contribution in [2.45, 2.75) is 17.6 Å². The number of rotatable bonds is 8. The average Bonchev–Trinajstić information content (AvgIpc) is 2.71. The van der Waals surface area contributed by atoms with Gasteiger partial charge < -0.3 is 4.74 Å². The highest BCUT2D eigenvalue weighted by molar-refractivity contribution is 7.92. The Morgan fingerprint density at radius 3 is 2.09 bits per heavy atom. The second kappa shape index (κ2) is 9.58. The van der Waals surface area contributed by atoms with E-state index in [-0.39, 0.29) is 26.2 Å². The highest BCUT2D eigenvalue weighted by Gasteiger charge is 2.19. The number of anilines is 2. The zero-order valence-electron chi connectivity index (χ0n) is 17.1. The van der Waals surface area contributed by atoms with E-state index in [1.54, 1.807) is 36.4 Å². The van der Waals surface area contributed by atoms with Crippen molar-refractivity contribution in [2.24, 2.45) is 0 Å². The Hall–Kier alpha value is -2.46. The third-order valence-electron chi connectivity index (χ3n) is 4.43. The zero-order valence-corrected chi connectivity index (χ0v) is 20.2. The molecular formula is C21H20Cl2N2O5S2. The topological polar surface area (TPSA) is 102 Å². The average molecular weight is 515 g/mol. The summed E-state index contributed by atoms with van der Waals surface area (Å²) in [5, 5.41) is 0.476. The third-order valence-corrected chi connectivity index (χ3v) is 7.74. The fraction of sp³-hybridized carbons (Fsp3) is 0.143. The Bertz CT molecular complexity index is 1320. The quantitative estimate of drug-likeness (QED) is 0.437. The number of aryl methyl sites for hydroxylation is 1. The molecule has 0 amide bonds. The van der Waals surface area contributed by atoms with Gasteiger partial charge in [0.1, 0.15) is 5.75 Å². The van der Waals surface area contributed by atoms with Gasteiger partial charge in [-0.05, 0) is 61.0 Å². The molecule has 3 rings (SSSR count). The van der Waals surface area contributed by atoms with E-state index >= 15 is 0 Å². The van der Waals surface area contributed by atoms with Crippen LogP contribution in [0.2, 0.25) is 10.0 Å². The van der Waals surface area contributed by atoms with Crippen molar-refractivity contribution in [3.63, 3.8) is 0 Å². The molecule has 0 radical (unpaired) electrons. The van der Waals surface area contributed by atoms with Gasteiger partial charge in [0.2, 0.25) is 10.0 Å². The molecule has 7 nitrogen and oxygen atoms in total. The Labute approximate surface area is 197 Å². The molecule has 0 aliphatic rings. The van der Waals surface area contributed by atoms with Crippen LogP contribution in [0, 0.1) is 6.92 Å². The highest BCUT2D eigenvalue weighted by atomic mass is 35.5. The monoisotopic (exact) mass is 514 g/mol. The molecule has 170 valence electrons. The first-order chi connectivity index (χ1) is 15.0. The number of hydrogen-bond acceptors (Lipinski definition) is 5. The summed E-state index contributed by atoms with van der Waals surface area (Å²) in [7, 11) is -6.33. The van der Waals surface area contributed by atoms with Crippen LogP contribution >= 0.6 is 23.2 Å². The van der Waals surface area contributed by atoms with Gasteiger partial charge in [0.05, 0.1) is 23.4 Å². The summed E-state index contributed by atoms with van der Waals surface area (Å²) in [6.07, 6.45) is 0. The molecule has 3 aromatic carbocycles. The fourth-order valence-electron chi connectivity index (χ4n) is 2.88. The minimum atomic E-state index is -3.93. The molecular weight excluding hydrogens is 495 g/mol. The van der Waals surface area contributed by atoms with Gasteiger partial charge in [-0.1, -0.05) is 35.3 Å². The van der Waals surface area contributed by atoms with Crippen LogP contribution in [0.25, 0.3) is 0 Å². The first-order valence-corrected chi connectivity index (χ1v) is 13.1. The van der Waals surface area contributed by atoms with Gasteiger partial charge in [0.15, 0.2) is 0 Å². The Morgan fingerprint density at radius 1 is 0.875 bits per heavy atom. The summed E-state index contributed by atoms with van der Waals surface area (Å²) >= 11 is 12.1. The molecule has 2 N–H and O–H groups in total. The van der Waals surface area contributed by atoms with Crippen molar-refractivity contribution in [3.05, 3.63) is 81.8 Å². The predicted molar refractivity (Wildman–Crippen MR) is 128 cm³/mol. The summed E-state index contributed by atoms with van der Waals surface area (Å²) in [5.41, 5.74) is 1.62. The zero-order chi connectivity index (χ0) is 23.5. The van der Waals surface area contributed by atoms with E-state index in [2.05, 4.69) is 9.44 Å². The Morgan fingerprint density at radius 2 is 1.50 bits per heavy atom. The van der Waals surface area contributed by atoms with Crippen LogP contribution < -0.4 is 14.2 Å². The Balaban J connectivity index is 1.78. The molecule has 0 saturated heterocycles. The number of nitrogens with one attached hydrogen (secondary N) is 2. The number of benzene rings is 3. The summed E-state index contributed by atoms with van der Waals surface area (Å²) in [6, 6.07) is 15.1. The molecule has 0 spiro atoms. The van der Waals surface area contributed by atoms with E-state index in [9.17, 15) is 16.8 Å². The molecule has 0 aliphatic heterocycles. The molecule has 0 heterocycles. The highest BCUT2D eigenvalue weighted by Crippen LogP contribution is 2.29. The minimum Gasteiger partial charge on any atom is -0.495 e. The van der Waals surface area contributed by atoms with Crippen LogP contribution in [0.4, 0.5) is 11.4 Å². The van der Waals surface area contributed by atoms with Gasteiger partial charge in [-0.2, -0.15) is 0 Å². The van der Waals surface area contributed by atoms with Gasteiger partial charge in [-0.3, -0.25) is 9.44 Å². The SMILES string of the molecule is COc1ccc(C)cc1NS(=O)(=O)c1ccc(NS(=O)(=O)Cc2c(Cl)cccc2Cl)cc1. The lowest BCUT2D eigenvalue weighted by Crippen LogP contribution is -2.16. The standard InChI is InChI=1S/C21H20Cl2N2O5S2/c1-14-6-11-21(30-2)20(12-14)25-32(28,29)16-9-7-15(8-10-16)24-31(26,27)13-17-18(22)4-3-5-19(17)23/h3-12,24-25H,13H2,1-2H3. The smallest absolute Gasteiger partial charge is 0.262 e. The van der Waals surface area contributed by atoms with Crippen molar-refractivity contribution in [2.75, 3.05) is 16.6 Å². The molecule has 0 bridgehead atoms. The maximum absolute atomic E-state index is 12.8. The van der Waals surface area contributed by atoms with Crippen LogP contribution in [-0.4, -0.2) is 23.9 Å². The van der Waals surface area contributed by atoms with Crippen molar-refractivity contribution < 1.29 is 21.6 Å². The Kier molecular flexibility index (Phi) is 7.24. The van der Waals surface area contributed by atoms with E-state index in [4.69, 9.17) is 27.9 Å². The number of halogens is 2. The number of methoxy groups -OCH3 is 1. The van der Waals surface area contributed by atoms with Crippen molar-refractivity contribution in [3.8, 4) is 5.75 Å². The van der Waals surface area contributed by atoms with Gasteiger partial charge in [0.25, 0.3) is 10.0 Å². The van der Waals surface area contributed by atoms with Gasteiger partial charge in [-0.25, -0.2) is 16.8 Å². The molecule has 0 atom stereocenters. The number of hydrogen-bond donors (Lipinski definition) is 2. The largest absolute Gasteiger partial charge is 0.495 e. The molecule has 0 aliphatic carbocycles. The molecule has 3 aromatic rings. The maximum Gasteiger partial charge on any atom is 0.262 e.